The summed E-state index contributed by atoms with van der Waals surface area (Å²) >= 11 is 0. The summed E-state index contributed by atoms with van der Waals surface area (Å²) in [4.78, 5) is 15.7. The highest BCUT2D eigenvalue weighted by Gasteiger charge is 2.18. The van der Waals surface area contributed by atoms with E-state index < -0.39 is 0 Å². The summed E-state index contributed by atoms with van der Waals surface area (Å²) in [6, 6.07) is 73.5. The fraction of sp³-hybridized carbons (Fsp3) is 0. The normalized spacial score (nSPS) is 11.1. The van der Waals surface area contributed by atoms with Crippen LogP contribution in [-0.2, 0) is 0 Å². The molecule has 10 aromatic rings. The van der Waals surface area contributed by atoms with E-state index in [1.165, 1.54) is 21.9 Å². The summed E-state index contributed by atoms with van der Waals surface area (Å²) in [5.74, 6) is 1.70. The van der Waals surface area contributed by atoms with E-state index in [4.69, 9.17) is 15.0 Å². The molecule has 0 atom stereocenters. The van der Waals surface area contributed by atoms with Crippen LogP contribution in [0.1, 0.15) is 5.56 Å². The zero-order valence-electron chi connectivity index (χ0n) is 31.4. The number of hydrogen-bond acceptors (Lipinski definition) is 4. The lowest BCUT2D eigenvalue weighted by Crippen LogP contribution is -2.01. The van der Waals surface area contributed by atoms with Crippen molar-refractivity contribution >= 4 is 21.5 Å². The van der Waals surface area contributed by atoms with Gasteiger partial charge in [-0.25, -0.2) is 15.0 Å². The van der Waals surface area contributed by atoms with Crippen molar-refractivity contribution in [3.63, 3.8) is 0 Å². The molecular formula is C54H34N4. The molecule has 270 valence electrons. The Morgan fingerprint density at radius 2 is 0.759 bits per heavy atom. The number of aromatic nitrogens is 3. The van der Waals surface area contributed by atoms with E-state index in [1.54, 1.807) is 0 Å². The van der Waals surface area contributed by atoms with Crippen molar-refractivity contribution < 1.29 is 0 Å². The van der Waals surface area contributed by atoms with E-state index in [2.05, 4.69) is 158 Å². The first-order valence-electron chi connectivity index (χ1n) is 19.3. The van der Waals surface area contributed by atoms with Gasteiger partial charge in [0, 0.05) is 16.7 Å². The fourth-order valence-electron chi connectivity index (χ4n) is 7.75. The zero-order chi connectivity index (χ0) is 38.8. The van der Waals surface area contributed by atoms with E-state index in [-0.39, 0.29) is 0 Å². The Kier molecular flexibility index (Phi) is 8.87. The SMILES string of the molecule is N#Cc1ccccc1-c1cccc(-c2nc(-c3ccc4cc(-c5ccc6ccccc6c5)ccc4c3)nc(-c3cc(-c4ccccc4)ccc3-c3ccccc3)n2)c1. The predicted octanol–water partition coefficient (Wildman–Crippen LogP) is 13.7. The quantitative estimate of drug-likeness (QED) is 0.163. The maximum absolute atomic E-state index is 9.92. The van der Waals surface area contributed by atoms with Gasteiger partial charge in [0.05, 0.1) is 11.6 Å². The smallest absolute Gasteiger partial charge is 0.164 e. The van der Waals surface area contributed by atoms with Crippen LogP contribution in [-0.4, -0.2) is 15.0 Å². The third kappa shape index (κ3) is 6.68. The van der Waals surface area contributed by atoms with Gasteiger partial charge in [-0.1, -0.05) is 170 Å². The fourth-order valence-corrected chi connectivity index (χ4v) is 7.75. The molecule has 0 spiro atoms. The lowest BCUT2D eigenvalue weighted by molar-refractivity contribution is 1.07. The van der Waals surface area contributed by atoms with Crippen LogP contribution in [0.2, 0.25) is 0 Å². The first kappa shape index (κ1) is 34.5. The van der Waals surface area contributed by atoms with Gasteiger partial charge in [-0.2, -0.15) is 5.26 Å². The second-order valence-electron chi connectivity index (χ2n) is 14.4. The molecule has 10 rings (SSSR count). The van der Waals surface area contributed by atoms with Gasteiger partial charge >= 0.3 is 0 Å². The molecule has 0 unspecified atom stereocenters. The molecule has 4 heteroatoms. The molecule has 0 N–H and O–H groups in total. The number of nitriles is 1. The molecule has 0 amide bonds. The minimum absolute atomic E-state index is 0.548. The van der Waals surface area contributed by atoms with Crippen molar-refractivity contribution in [2.45, 2.75) is 0 Å². The number of benzene rings is 9. The first-order valence-corrected chi connectivity index (χ1v) is 19.3. The van der Waals surface area contributed by atoms with Crippen molar-refractivity contribution in [1.82, 2.24) is 15.0 Å². The molecule has 9 aromatic carbocycles. The van der Waals surface area contributed by atoms with Gasteiger partial charge < -0.3 is 0 Å². The van der Waals surface area contributed by atoms with Crippen LogP contribution in [0.5, 0.6) is 0 Å². The summed E-state index contributed by atoms with van der Waals surface area (Å²) < 4.78 is 0. The lowest BCUT2D eigenvalue weighted by Gasteiger charge is -2.15. The average Bonchev–Trinajstić information content (AvgIpc) is 3.31. The van der Waals surface area contributed by atoms with Gasteiger partial charge in [-0.15, -0.1) is 0 Å². The van der Waals surface area contributed by atoms with E-state index in [1.807, 2.05) is 54.6 Å². The first-order chi connectivity index (χ1) is 28.7. The molecule has 0 saturated heterocycles. The number of nitrogens with zero attached hydrogens (tertiary/aromatic N) is 4. The van der Waals surface area contributed by atoms with Gasteiger partial charge in [0.1, 0.15) is 0 Å². The number of fused-ring (bicyclic) bond motifs is 2. The van der Waals surface area contributed by atoms with Crippen LogP contribution in [0, 0.1) is 11.3 Å². The Hall–Kier alpha value is -8.00. The highest BCUT2D eigenvalue weighted by atomic mass is 15.0. The minimum atomic E-state index is 0.548. The molecule has 0 saturated carbocycles. The lowest BCUT2D eigenvalue weighted by atomic mass is 9.94. The molecule has 4 nitrogen and oxygen atoms in total. The molecule has 0 aliphatic rings. The number of hydrogen-bond donors (Lipinski definition) is 0. The van der Waals surface area contributed by atoms with Crippen molar-refractivity contribution in [3.8, 4) is 84.7 Å². The molecule has 0 bridgehead atoms. The van der Waals surface area contributed by atoms with Crippen LogP contribution < -0.4 is 0 Å². The Labute approximate surface area is 337 Å². The Morgan fingerprint density at radius 3 is 1.48 bits per heavy atom. The van der Waals surface area contributed by atoms with Crippen LogP contribution in [0.3, 0.4) is 0 Å². The van der Waals surface area contributed by atoms with Crippen molar-refractivity contribution in [2.24, 2.45) is 0 Å². The van der Waals surface area contributed by atoms with Gasteiger partial charge in [0.15, 0.2) is 17.5 Å². The second-order valence-corrected chi connectivity index (χ2v) is 14.4. The van der Waals surface area contributed by atoms with Crippen LogP contribution in [0.25, 0.3) is 100 Å². The second kappa shape index (κ2) is 14.9. The van der Waals surface area contributed by atoms with Crippen LogP contribution in [0.4, 0.5) is 0 Å². The Morgan fingerprint density at radius 1 is 0.276 bits per heavy atom. The van der Waals surface area contributed by atoms with Gasteiger partial charge in [-0.05, 0) is 102 Å². The molecule has 1 aromatic heterocycles. The van der Waals surface area contributed by atoms with Crippen molar-refractivity contribution in [3.05, 3.63) is 212 Å². The monoisotopic (exact) mass is 738 g/mol. The maximum Gasteiger partial charge on any atom is 0.164 e. The van der Waals surface area contributed by atoms with Crippen molar-refractivity contribution in [1.29, 1.82) is 5.26 Å². The summed E-state index contributed by atoms with van der Waals surface area (Å²) in [5, 5.41) is 14.6. The molecule has 58 heavy (non-hydrogen) atoms. The maximum atomic E-state index is 9.92. The van der Waals surface area contributed by atoms with Gasteiger partial charge in [0.25, 0.3) is 0 Å². The standard InChI is InChI=1S/C54H34N4/c55-35-48-18-9-10-21-49(48)45-19-11-20-46(33-45)52-56-53(47-27-26-42-31-41(24-25-43(42)32-47)40-23-22-37-14-7-8-17-39(37)30-40)58-54(57-52)51-34-44(36-12-3-1-4-13-36)28-29-50(51)38-15-5-2-6-16-38/h1-34H. The third-order valence-electron chi connectivity index (χ3n) is 10.7. The van der Waals surface area contributed by atoms with Gasteiger partial charge in [0.2, 0.25) is 0 Å². The van der Waals surface area contributed by atoms with E-state index >= 15 is 0 Å². The molecule has 0 fully saturated rings. The molecule has 0 aliphatic carbocycles. The predicted molar refractivity (Wildman–Crippen MR) is 238 cm³/mol. The summed E-state index contributed by atoms with van der Waals surface area (Å²) in [7, 11) is 0. The summed E-state index contributed by atoms with van der Waals surface area (Å²) in [6.45, 7) is 0. The van der Waals surface area contributed by atoms with Crippen LogP contribution >= 0.6 is 0 Å². The van der Waals surface area contributed by atoms with E-state index in [9.17, 15) is 5.26 Å². The van der Waals surface area contributed by atoms with E-state index in [0.717, 1.165) is 60.8 Å². The van der Waals surface area contributed by atoms with Crippen LogP contribution in [0.15, 0.2) is 206 Å². The van der Waals surface area contributed by atoms with Gasteiger partial charge in [-0.3, -0.25) is 0 Å². The summed E-state index contributed by atoms with van der Waals surface area (Å²) in [6.07, 6.45) is 0. The molecule has 0 radical (unpaired) electrons. The minimum Gasteiger partial charge on any atom is -0.208 e. The third-order valence-corrected chi connectivity index (χ3v) is 10.7. The molecule has 0 aliphatic heterocycles. The highest BCUT2D eigenvalue weighted by Crippen LogP contribution is 2.37. The zero-order valence-corrected chi connectivity index (χ0v) is 31.4. The molecule has 1 heterocycles. The highest BCUT2D eigenvalue weighted by molar-refractivity contribution is 5.93. The Bertz CT molecular complexity index is 3180. The topological polar surface area (TPSA) is 62.5 Å². The van der Waals surface area contributed by atoms with Crippen molar-refractivity contribution in [2.75, 3.05) is 0 Å². The van der Waals surface area contributed by atoms with E-state index in [0.29, 0.717) is 23.0 Å². The number of rotatable bonds is 7. The molecular weight excluding hydrogens is 705 g/mol. The largest absolute Gasteiger partial charge is 0.208 e. The summed E-state index contributed by atoms with van der Waals surface area (Å²) in [5.41, 5.74) is 11.7. The average molecular weight is 739 g/mol. The Balaban J connectivity index is 1.14.